The quantitative estimate of drug-likeness (QED) is 0.0323. The third-order valence-electron chi connectivity index (χ3n) is 17.6. The molecule has 2 saturated heterocycles. The van der Waals surface area contributed by atoms with Crippen molar-refractivity contribution in [3.05, 3.63) is 95.0 Å². The number of aromatic nitrogens is 4. The highest BCUT2D eigenvalue weighted by atomic mass is 35.5. The number of carbonyl (C=O) groups excluding carboxylic acids is 3. The van der Waals surface area contributed by atoms with Gasteiger partial charge in [-0.05, 0) is 99.5 Å². The molecule has 2 aromatic heterocycles. The van der Waals surface area contributed by atoms with E-state index in [4.69, 9.17) is 55.0 Å². The summed E-state index contributed by atoms with van der Waals surface area (Å²) in [6.45, 7) is 13.3. The summed E-state index contributed by atoms with van der Waals surface area (Å²) in [6.07, 6.45) is 10.7. The molecule has 5 aliphatic rings. The number of allylic oxidation sites excluding steroid dienone is 1. The minimum Gasteiger partial charge on any atom is -0.495 e. The van der Waals surface area contributed by atoms with Gasteiger partial charge in [-0.25, -0.2) is 9.37 Å². The number of benzene rings is 3. The first-order valence-electron chi connectivity index (χ1n) is 31.1. The summed E-state index contributed by atoms with van der Waals surface area (Å²) in [5, 5.41) is 18.6. The summed E-state index contributed by atoms with van der Waals surface area (Å²) in [6, 6.07) is 19.9. The topological polar surface area (TPSA) is 222 Å². The average molecular weight is 1230 g/mol. The van der Waals surface area contributed by atoms with Crippen LogP contribution in [0, 0.1) is 23.2 Å². The van der Waals surface area contributed by atoms with Crippen LogP contribution in [0.5, 0.6) is 11.8 Å². The molecule has 3 fully saturated rings. The van der Waals surface area contributed by atoms with Gasteiger partial charge in [-0.15, -0.1) is 0 Å². The molecular formula is C65H82ClFN12O9. The summed E-state index contributed by atoms with van der Waals surface area (Å²) >= 11 is 6.80. The fourth-order valence-corrected chi connectivity index (χ4v) is 13.4. The standard InChI is InChI=1S/C65H82ClFN12O9/c1-5-54-63(82)75(3)56-39-70-64(73-61(56)79(54)47-14-6-7-15-47)71-52-20-19-45(38-57(52)83-4)62(81)69-25-31-85-33-35-87-37-36-86-34-32-84-30-11-27-76-26-10-16-48(76)42-88-65-72-53-41-77(55-18-9-13-44-12-8-17-51(66)58(44)55)28-23-50(53)60(74-65)78-29-22-49(59(80)43(2)67)46(40-78)21-24-68/h8-9,12-13,17-20,38-39,46-49,54H,2,5-7,10-11,14-16,21-23,25-37,40-42H2,1,3-4H3,(H,69,81)(H,70,71,73)/t46-,48-,49?,54+/m0/s1. The molecule has 4 atom stereocenters. The molecule has 1 aliphatic carbocycles. The number of nitrogens with one attached hydrogen (secondary N) is 2. The maximum Gasteiger partial charge on any atom is 0.318 e. The minimum atomic E-state index is -0.968. The number of nitrogens with zero attached hydrogens (tertiary/aromatic N) is 10. The van der Waals surface area contributed by atoms with Crippen molar-refractivity contribution in [1.29, 1.82) is 5.26 Å². The first-order chi connectivity index (χ1) is 42.9. The van der Waals surface area contributed by atoms with E-state index in [2.05, 4.69) is 66.1 Å². The molecular weight excluding hydrogens is 1150 g/mol. The molecule has 2 amide bonds. The van der Waals surface area contributed by atoms with Gasteiger partial charge in [-0.3, -0.25) is 19.3 Å². The van der Waals surface area contributed by atoms with Crippen LogP contribution in [0.1, 0.15) is 92.7 Å². The van der Waals surface area contributed by atoms with E-state index in [-0.39, 0.29) is 48.3 Å². The van der Waals surface area contributed by atoms with Crippen LogP contribution in [0.4, 0.5) is 39.0 Å². The van der Waals surface area contributed by atoms with Crippen LogP contribution in [0.2, 0.25) is 5.02 Å². The molecule has 0 spiro atoms. The van der Waals surface area contributed by atoms with E-state index in [9.17, 15) is 24.0 Å². The zero-order valence-corrected chi connectivity index (χ0v) is 51.6. The van der Waals surface area contributed by atoms with Crippen molar-refractivity contribution in [1.82, 2.24) is 30.2 Å². The Morgan fingerprint density at radius 3 is 2.35 bits per heavy atom. The van der Waals surface area contributed by atoms with Crippen LogP contribution < -0.4 is 39.7 Å². The number of fused-ring (bicyclic) bond motifs is 3. The van der Waals surface area contributed by atoms with Gasteiger partial charge in [-0.2, -0.15) is 20.2 Å². The van der Waals surface area contributed by atoms with E-state index in [1.807, 2.05) is 25.1 Å². The van der Waals surface area contributed by atoms with Gasteiger partial charge in [0, 0.05) is 93.0 Å². The summed E-state index contributed by atoms with van der Waals surface area (Å²) in [7, 11) is 3.32. The monoisotopic (exact) mass is 1230 g/mol. The number of amides is 2. The molecule has 5 aromatic rings. The number of methoxy groups -OCH3 is 1. The molecule has 88 heavy (non-hydrogen) atoms. The zero-order chi connectivity index (χ0) is 61.5. The van der Waals surface area contributed by atoms with Gasteiger partial charge in [0.2, 0.25) is 11.9 Å². The molecule has 0 radical (unpaired) electrons. The van der Waals surface area contributed by atoms with Crippen LogP contribution in [0.3, 0.4) is 0 Å². The second kappa shape index (κ2) is 30.8. The first-order valence-corrected chi connectivity index (χ1v) is 31.5. The Labute approximate surface area is 519 Å². The van der Waals surface area contributed by atoms with E-state index in [1.54, 1.807) is 43.5 Å². The number of likely N-dealkylation sites (tertiary alicyclic amines) is 1. The van der Waals surface area contributed by atoms with Gasteiger partial charge in [0.05, 0.1) is 88.6 Å². The minimum absolute atomic E-state index is 0.0574. The summed E-state index contributed by atoms with van der Waals surface area (Å²) in [4.78, 5) is 69.6. The lowest BCUT2D eigenvalue weighted by Crippen LogP contribution is -2.55. The molecule has 10 rings (SSSR count). The van der Waals surface area contributed by atoms with E-state index in [0.717, 1.165) is 97.4 Å². The Morgan fingerprint density at radius 1 is 0.864 bits per heavy atom. The summed E-state index contributed by atoms with van der Waals surface area (Å²) < 4.78 is 49.4. The lowest BCUT2D eigenvalue weighted by molar-refractivity contribution is -0.122. The maximum atomic E-state index is 14.1. The average Bonchev–Trinajstić information content (AvgIpc) is 1.50. The normalized spacial score (nSPS) is 19.6. The Morgan fingerprint density at radius 2 is 1.61 bits per heavy atom. The summed E-state index contributed by atoms with van der Waals surface area (Å²) in [5.41, 5.74) is 4.60. The van der Waals surface area contributed by atoms with E-state index < -0.39 is 17.5 Å². The number of likely N-dealkylation sites (N-methyl/N-ethyl adjacent to an activating group) is 1. The number of nitriles is 1. The Hall–Kier alpha value is -7.26. The lowest BCUT2D eigenvalue weighted by Gasteiger charge is -2.43. The number of halogens is 2. The number of Topliss-reactive ketones (excluding diaryl/α,β-unsaturated/α-hetero) is 1. The van der Waals surface area contributed by atoms with Gasteiger partial charge in [0.15, 0.2) is 17.4 Å². The predicted molar refractivity (Wildman–Crippen MR) is 336 cm³/mol. The first kappa shape index (κ1) is 63.7. The zero-order valence-electron chi connectivity index (χ0n) is 50.9. The lowest BCUT2D eigenvalue weighted by atomic mass is 9.80. The van der Waals surface area contributed by atoms with Gasteiger partial charge in [-0.1, -0.05) is 62.2 Å². The fourth-order valence-electron chi connectivity index (χ4n) is 13.1. The molecule has 2 N–H and O–H groups in total. The van der Waals surface area contributed by atoms with Crippen LogP contribution in [0.15, 0.2) is 73.2 Å². The molecule has 23 heteroatoms. The number of rotatable bonds is 30. The van der Waals surface area contributed by atoms with Gasteiger partial charge in [0.1, 0.15) is 29.9 Å². The molecule has 3 aromatic carbocycles. The number of hydrogen-bond acceptors (Lipinski definition) is 19. The van der Waals surface area contributed by atoms with Gasteiger partial charge >= 0.3 is 6.01 Å². The van der Waals surface area contributed by atoms with Crippen molar-refractivity contribution in [2.75, 3.05) is 138 Å². The predicted octanol–water partition coefficient (Wildman–Crippen LogP) is 9.03. The van der Waals surface area contributed by atoms with Crippen molar-refractivity contribution >= 4 is 74.6 Å². The largest absolute Gasteiger partial charge is 0.495 e. The van der Waals surface area contributed by atoms with Crippen molar-refractivity contribution in [2.45, 2.75) is 102 Å². The maximum absolute atomic E-state index is 14.1. The Bertz CT molecular complexity index is 3290. The number of ether oxygens (including phenoxy) is 6. The molecule has 21 nitrogen and oxygen atoms in total. The molecule has 4 aliphatic heterocycles. The Balaban J connectivity index is 0.606. The van der Waals surface area contributed by atoms with Crippen molar-refractivity contribution in [3.63, 3.8) is 0 Å². The number of piperidine rings is 1. The third kappa shape index (κ3) is 15.2. The highest BCUT2D eigenvalue weighted by molar-refractivity contribution is 6.36. The van der Waals surface area contributed by atoms with E-state index in [0.29, 0.717) is 145 Å². The smallest absolute Gasteiger partial charge is 0.318 e. The van der Waals surface area contributed by atoms with Crippen molar-refractivity contribution in [3.8, 4) is 17.8 Å². The molecule has 0 bridgehead atoms. The SMILES string of the molecule is C=C(F)C(=O)C1CCN(c2nc(OC[C@@H]3CCCN3CCCOCCOCCOCCOCCNC(=O)c3ccc(Nc4ncc5c(n4)N(C4CCCC4)[C@H](CC)C(=O)N5C)c(OC)c3)nc3c2CCN(c2cccc4cccc(Cl)c24)C3)C[C@@H]1CC#N. The van der Waals surface area contributed by atoms with Gasteiger partial charge < -0.3 is 58.7 Å². The fraction of sp³-hybridized carbons (Fsp3) is 0.538. The van der Waals surface area contributed by atoms with Crippen molar-refractivity contribution < 1.29 is 47.2 Å². The number of hydrogen-bond donors (Lipinski definition) is 2. The number of ketones is 1. The molecule has 1 unspecified atom stereocenters. The highest BCUT2D eigenvalue weighted by Gasteiger charge is 2.42. The molecule has 1 saturated carbocycles. The highest BCUT2D eigenvalue weighted by Crippen LogP contribution is 2.42. The van der Waals surface area contributed by atoms with Crippen LogP contribution in [0.25, 0.3) is 10.8 Å². The van der Waals surface area contributed by atoms with Crippen molar-refractivity contribution in [2.24, 2.45) is 11.8 Å². The van der Waals surface area contributed by atoms with Crippen LogP contribution >= 0.6 is 11.6 Å². The molecule has 6 heterocycles. The Kier molecular flexibility index (Phi) is 22.3. The van der Waals surface area contributed by atoms with E-state index in [1.165, 1.54) is 0 Å². The third-order valence-corrected chi connectivity index (χ3v) is 17.9. The van der Waals surface area contributed by atoms with E-state index >= 15 is 0 Å². The van der Waals surface area contributed by atoms with Crippen LogP contribution in [-0.4, -0.2) is 173 Å². The number of carbonyl (C=O) groups is 3. The summed E-state index contributed by atoms with van der Waals surface area (Å²) in [5.74, 6) is -0.487. The second-order valence-electron chi connectivity index (χ2n) is 23.1. The molecule has 470 valence electrons. The number of anilines is 6. The van der Waals surface area contributed by atoms with Gasteiger partial charge in [0.25, 0.3) is 5.91 Å². The second-order valence-corrected chi connectivity index (χ2v) is 23.5. The van der Waals surface area contributed by atoms with Crippen LogP contribution in [-0.2, 0) is 41.5 Å².